The summed E-state index contributed by atoms with van der Waals surface area (Å²) in [5.41, 5.74) is 4.22. The minimum Gasteiger partial charge on any atom is -0.486 e. The molecule has 2 N–H and O–H groups in total. The van der Waals surface area contributed by atoms with Crippen molar-refractivity contribution in [3.8, 4) is 11.5 Å². The zero-order chi connectivity index (χ0) is 25.8. The number of ether oxygens (including phenoxy) is 2. The van der Waals surface area contributed by atoms with E-state index in [9.17, 15) is 29.8 Å². The van der Waals surface area contributed by atoms with Crippen molar-refractivity contribution in [2.24, 2.45) is 5.10 Å². The van der Waals surface area contributed by atoms with Gasteiger partial charge in [-0.05, 0) is 24.3 Å². The number of aromatic carboxylic acids is 1. The van der Waals surface area contributed by atoms with Crippen LogP contribution >= 0.6 is 0 Å². The number of nitro groups is 2. The molecule has 2 aliphatic rings. The third-order valence-corrected chi connectivity index (χ3v) is 5.15. The first-order valence-corrected chi connectivity index (χ1v) is 10.3. The van der Waals surface area contributed by atoms with E-state index in [2.05, 4.69) is 10.5 Å². The molecule has 0 fully saturated rings. The lowest BCUT2D eigenvalue weighted by atomic mass is 10.1. The first-order chi connectivity index (χ1) is 17.2. The van der Waals surface area contributed by atoms with E-state index in [1.807, 2.05) is 0 Å². The Morgan fingerprint density at radius 3 is 2.11 bits per heavy atom. The number of carboxylic acids is 1. The largest absolute Gasteiger partial charge is 0.486 e. The van der Waals surface area contributed by atoms with Crippen LogP contribution in [0.15, 0.2) is 65.8 Å². The van der Waals surface area contributed by atoms with E-state index in [0.717, 1.165) is 0 Å². The molecule has 0 saturated heterocycles. The highest BCUT2D eigenvalue weighted by Gasteiger charge is 2.24. The quantitative estimate of drug-likeness (QED) is 0.393. The standard InChI is InChI=1S/C15H11N3O5.C8H5NO4/c19-15(20)10-3-1-2-4-12(10)16-17-13-8-23-14-6-5-9(18(21)22)7-11(13)14;10-7-4-13-8-2-1-5(9(11)12)3-6(7)8/h1-7,16H,8H2,(H,19,20);1-3H,4H2. The SMILES string of the molecule is O=C(O)c1ccccc1NN=C1COc2ccc([N+](=O)[O-])cc21.O=C1COc2ccc([N+](=O)[O-])cc21. The van der Waals surface area contributed by atoms with Crippen LogP contribution in [0.1, 0.15) is 26.3 Å². The van der Waals surface area contributed by atoms with Gasteiger partial charge in [-0.15, -0.1) is 0 Å². The van der Waals surface area contributed by atoms with E-state index in [1.165, 1.54) is 42.5 Å². The summed E-state index contributed by atoms with van der Waals surface area (Å²) < 4.78 is 10.4. The maximum absolute atomic E-state index is 11.1. The molecule has 2 heterocycles. The number of Topliss-reactive ketones (excluding diaryl/α,β-unsaturated/α-hetero) is 1. The minimum atomic E-state index is -1.08. The fourth-order valence-corrected chi connectivity index (χ4v) is 3.39. The molecule has 0 saturated carbocycles. The van der Waals surface area contributed by atoms with Gasteiger partial charge in [-0.1, -0.05) is 12.1 Å². The first-order valence-electron chi connectivity index (χ1n) is 10.3. The van der Waals surface area contributed by atoms with Gasteiger partial charge in [0, 0.05) is 24.3 Å². The molecule has 13 heteroatoms. The van der Waals surface area contributed by atoms with Gasteiger partial charge in [0.1, 0.15) is 23.8 Å². The Bertz CT molecular complexity index is 1430. The molecule has 182 valence electrons. The number of hydrazone groups is 1. The molecule has 0 unspecified atom stereocenters. The van der Waals surface area contributed by atoms with E-state index in [0.29, 0.717) is 34.0 Å². The molecule has 3 aromatic carbocycles. The number of nitrogens with zero attached hydrogens (tertiary/aromatic N) is 3. The summed E-state index contributed by atoms with van der Waals surface area (Å²) in [6.45, 7) is 0.134. The number of fused-ring (bicyclic) bond motifs is 2. The van der Waals surface area contributed by atoms with Gasteiger partial charge < -0.3 is 14.6 Å². The van der Waals surface area contributed by atoms with Crippen LogP contribution in [-0.4, -0.2) is 45.6 Å². The average Bonchev–Trinajstić information content (AvgIpc) is 3.45. The minimum absolute atomic E-state index is 0.0174. The number of para-hydroxylation sites is 1. The first kappa shape index (κ1) is 23.8. The highest BCUT2D eigenvalue weighted by molar-refractivity contribution is 6.07. The van der Waals surface area contributed by atoms with Gasteiger partial charge in [0.05, 0.1) is 32.2 Å². The van der Waals surface area contributed by atoms with Gasteiger partial charge in [0.25, 0.3) is 11.4 Å². The van der Waals surface area contributed by atoms with Crippen molar-refractivity contribution in [2.45, 2.75) is 0 Å². The fraction of sp³-hybridized carbons (Fsp3) is 0.0870. The van der Waals surface area contributed by atoms with E-state index < -0.39 is 15.8 Å². The third-order valence-electron chi connectivity index (χ3n) is 5.15. The number of anilines is 1. The van der Waals surface area contributed by atoms with Gasteiger partial charge in [-0.3, -0.25) is 30.4 Å². The molecule has 0 amide bonds. The van der Waals surface area contributed by atoms with E-state index in [4.69, 9.17) is 14.6 Å². The highest BCUT2D eigenvalue weighted by Crippen LogP contribution is 2.30. The number of hydrogen-bond donors (Lipinski definition) is 2. The zero-order valence-corrected chi connectivity index (χ0v) is 18.2. The molecular weight excluding hydrogens is 476 g/mol. The van der Waals surface area contributed by atoms with Gasteiger partial charge in [0.2, 0.25) is 5.78 Å². The smallest absolute Gasteiger partial charge is 0.337 e. The van der Waals surface area contributed by atoms with Crippen LogP contribution < -0.4 is 14.9 Å². The molecule has 0 atom stereocenters. The monoisotopic (exact) mass is 492 g/mol. The zero-order valence-electron chi connectivity index (χ0n) is 18.2. The summed E-state index contributed by atoms with van der Waals surface area (Å²) in [6, 6.07) is 14.6. The maximum atomic E-state index is 11.1. The van der Waals surface area contributed by atoms with Crippen molar-refractivity contribution in [3.63, 3.8) is 0 Å². The Hall–Kier alpha value is -5.33. The molecule has 36 heavy (non-hydrogen) atoms. The predicted octanol–water partition coefficient (Wildman–Crippen LogP) is 3.67. The number of benzene rings is 3. The van der Waals surface area contributed by atoms with E-state index in [1.54, 1.807) is 18.2 Å². The number of nitrogens with one attached hydrogen (secondary N) is 1. The van der Waals surface area contributed by atoms with Crippen LogP contribution in [0.25, 0.3) is 0 Å². The van der Waals surface area contributed by atoms with Crippen LogP contribution in [-0.2, 0) is 0 Å². The van der Waals surface area contributed by atoms with Gasteiger partial charge >= 0.3 is 5.97 Å². The van der Waals surface area contributed by atoms with Gasteiger partial charge in [-0.2, -0.15) is 5.10 Å². The molecule has 0 spiro atoms. The summed E-state index contributed by atoms with van der Waals surface area (Å²) in [6.07, 6.45) is 0. The van der Waals surface area contributed by atoms with Crippen LogP contribution in [0.2, 0.25) is 0 Å². The number of nitro benzene ring substituents is 2. The van der Waals surface area contributed by atoms with Crippen molar-refractivity contribution in [1.82, 2.24) is 0 Å². The predicted molar refractivity (Wildman–Crippen MR) is 125 cm³/mol. The molecule has 2 aliphatic heterocycles. The molecule has 3 aromatic rings. The molecule has 0 aliphatic carbocycles. The maximum Gasteiger partial charge on any atom is 0.337 e. The lowest BCUT2D eigenvalue weighted by Gasteiger charge is -2.05. The van der Waals surface area contributed by atoms with Crippen LogP contribution in [0.4, 0.5) is 17.1 Å². The Kier molecular flexibility index (Phi) is 6.54. The topological polar surface area (TPSA) is 183 Å². The summed E-state index contributed by atoms with van der Waals surface area (Å²) in [5, 5.41) is 34.5. The fourth-order valence-electron chi connectivity index (χ4n) is 3.39. The number of non-ortho nitro benzene ring substituents is 2. The lowest BCUT2D eigenvalue weighted by Crippen LogP contribution is -2.08. The average molecular weight is 492 g/mol. The number of hydrogen-bond acceptors (Lipinski definition) is 10. The van der Waals surface area contributed by atoms with Gasteiger partial charge in [-0.25, -0.2) is 4.79 Å². The lowest BCUT2D eigenvalue weighted by molar-refractivity contribution is -0.385. The van der Waals surface area contributed by atoms with Gasteiger partial charge in [0.15, 0.2) is 6.61 Å². The van der Waals surface area contributed by atoms with Crippen molar-refractivity contribution >= 4 is 34.5 Å². The molecular formula is C23H16N4O9. The van der Waals surface area contributed by atoms with E-state index in [-0.39, 0.29) is 35.9 Å². The molecule has 0 radical (unpaired) electrons. The second kappa shape index (κ2) is 9.89. The summed E-state index contributed by atoms with van der Waals surface area (Å²) in [7, 11) is 0. The number of carboxylic acid groups (broad SMARTS) is 1. The van der Waals surface area contributed by atoms with Crippen molar-refractivity contribution < 1.29 is 34.0 Å². The molecule has 0 aromatic heterocycles. The second-order valence-corrected chi connectivity index (χ2v) is 7.40. The Labute approximate surface area is 201 Å². The Balaban J connectivity index is 0.000000197. The van der Waals surface area contributed by atoms with Crippen LogP contribution in [0.3, 0.4) is 0 Å². The molecule has 0 bridgehead atoms. The van der Waals surface area contributed by atoms with E-state index >= 15 is 0 Å². The summed E-state index contributed by atoms with van der Waals surface area (Å²) >= 11 is 0. The van der Waals surface area contributed by atoms with Crippen molar-refractivity contribution in [3.05, 3.63) is 97.6 Å². The number of ketones is 1. The highest BCUT2D eigenvalue weighted by atomic mass is 16.6. The Morgan fingerprint density at radius 2 is 1.47 bits per heavy atom. The van der Waals surface area contributed by atoms with Crippen molar-refractivity contribution in [2.75, 3.05) is 18.6 Å². The van der Waals surface area contributed by atoms with Crippen LogP contribution in [0, 0.1) is 20.2 Å². The third kappa shape index (κ3) is 4.94. The molecule has 5 rings (SSSR count). The summed E-state index contributed by atoms with van der Waals surface area (Å²) in [5.74, 6) is -0.357. The Morgan fingerprint density at radius 1 is 0.889 bits per heavy atom. The number of carbonyl (C=O) groups is 2. The second-order valence-electron chi connectivity index (χ2n) is 7.40. The molecule has 13 nitrogen and oxygen atoms in total. The van der Waals surface area contributed by atoms with Crippen molar-refractivity contribution in [1.29, 1.82) is 0 Å². The number of carbonyl (C=O) groups excluding carboxylic acids is 1. The normalized spacial score (nSPS) is 14.0. The number of rotatable bonds is 5. The summed E-state index contributed by atoms with van der Waals surface area (Å²) in [4.78, 5) is 42.4. The van der Waals surface area contributed by atoms with Crippen LogP contribution in [0.5, 0.6) is 11.5 Å².